The van der Waals surface area contributed by atoms with Crippen molar-refractivity contribution in [2.24, 2.45) is 0 Å². The standard InChI is InChI=1S/C24H32ClN3O2S/c1-4-11-27-12-5-6-19-15-18(7-9-22(19)27)17-28(13-14-29-2)24(31)26-21-16-20(25)8-10-23(21)30-3/h7-10,15-16H,4-6,11-14,17H2,1-3H3,(H,26,31). The average molecular weight is 462 g/mol. The van der Waals surface area contributed by atoms with Crippen LogP contribution >= 0.6 is 23.8 Å². The summed E-state index contributed by atoms with van der Waals surface area (Å²) in [5, 5.41) is 4.54. The van der Waals surface area contributed by atoms with Crippen LogP contribution in [-0.4, -0.2) is 50.5 Å². The number of halogens is 1. The van der Waals surface area contributed by atoms with Gasteiger partial charge in [-0.25, -0.2) is 0 Å². The second kappa shape index (κ2) is 11.6. The first-order valence-corrected chi connectivity index (χ1v) is 11.6. The Hall–Kier alpha value is -2.02. The Labute approximate surface area is 196 Å². The lowest BCUT2D eigenvalue weighted by Crippen LogP contribution is -2.37. The molecule has 0 radical (unpaired) electrons. The highest BCUT2D eigenvalue weighted by Gasteiger charge is 2.18. The molecule has 7 heteroatoms. The molecule has 0 amide bonds. The predicted octanol–water partition coefficient (Wildman–Crippen LogP) is 5.36. The number of nitrogens with zero attached hydrogens (tertiary/aromatic N) is 2. The van der Waals surface area contributed by atoms with Crippen LogP contribution < -0.4 is 15.0 Å². The van der Waals surface area contributed by atoms with E-state index in [-0.39, 0.29) is 0 Å². The summed E-state index contributed by atoms with van der Waals surface area (Å²) in [5.41, 5.74) is 4.81. The van der Waals surface area contributed by atoms with Gasteiger partial charge in [0.05, 0.1) is 19.4 Å². The van der Waals surface area contributed by atoms with Gasteiger partial charge in [-0.15, -0.1) is 0 Å². The van der Waals surface area contributed by atoms with Gasteiger partial charge >= 0.3 is 0 Å². The highest BCUT2D eigenvalue weighted by Crippen LogP contribution is 2.30. The van der Waals surface area contributed by atoms with Gasteiger partial charge in [0, 0.05) is 44.0 Å². The highest BCUT2D eigenvalue weighted by molar-refractivity contribution is 7.80. The fourth-order valence-corrected chi connectivity index (χ4v) is 4.41. The van der Waals surface area contributed by atoms with E-state index >= 15 is 0 Å². The predicted molar refractivity (Wildman–Crippen MR) is 134 cm³/mol. The SMILES string of the molecule is CCCN1CCCc2cc(CN(CCOC)C(=S)Nc3cc(Cl)ccc3OC)ccc21. The summed E-state index contributed by atoms with van der Waals surface area (Å²) in [6.07, 6.45) is 3.50. The van der Waals surface area contributed by atoms with Crippen molar-refractivity contribution in [2.75, 3.05) is 50.7 Å². The van der Waals surface area contributed by atoms with Crippen LogP contribution in [-0.2, 0) is 17.7 Å². The van der Waals surface area contributed by atoms with E-state index in [9.17, 15) is 0 Å². The molecule has 0 aromatic heterocycles. The van der Waals surface area contributed by atoms with E-state index in [1.165, 1.54) is 29.7 Å². The molecule has 5 nitrogen and oxygen atoms in total. The van der Waals surface area contributed by atoms with Crippen molar-refractivity contribution in [3.8, 4) is 5.75 Å². The molecule has 0 bridgehead atoms. The fraction of sp³-hybridized carbons (Fsp3) is 0.458. The Bertz CT molecular complexity index is 893. The van der Waals surface area contributed by atoms with Crippen LogP contribution in [0.2, 0.25) is 5.02 Å². The molecule has 2 aromatic rings. The largest absolute Gasteiger partial charge is 0.495 e. The third kappa shape index (κ3) is 6.25. The number of ether oxygens (including phenoxy) is 2. The maximum Gasteiger partial charge on any atom is 0.173 e. The number of hydrogen-bond acceptors (Lipinski definition) is 4. The molecule has 1 heterocycles. The molecule has 0 aliphatic carbocycles. The number of anilines is 2. The Morgan fingerprint density at radius 2 is 2.06 bits per heavy atom. The molecule has 1 N–H and O–H groups in total. The van der Waals surface area contributed by atoms with Crippen molar-refractivity contribution in [3.05, 3.63) is 52.5 Å². The number of fused-ring (bicyclic) bond motifs is 1. The summed E-state index contributed by atoms with van der Waals surface area (Å²) < 4.78 is 10.8. The normalized spacial score (nSPS) is 13.0. The third-order valence-corrected chi connectivity index (χ3v) is 6.08. The van der Waals surface area contributed by atoms with Crippen LogP contribution in [0.4, 0.5) is 11.4 Å². The van der Waals surface area contributed by atoms with Crippen LogP contribution in [0.15, 0.2) is 36.4 Å². The molecule has 0 saturated carbocycles. The van der Waals surface area contributed by atoms with Gasteiger partial charge in [-0.2, -0.15) is 0 Å². The summed E-state index contributed by atoms with van der Waals surface area (Å²) in [7, 11) is 3.34. The van der Waals surface area contributed by atoms with Crippen molar-refractivity contribution in [2.45, 2.75) is 32.7 Å². The van der Waals surface area contributed by atoms with Crippen molar-refractivity contribution in [1.82, 2.24) is 4.90 Å². The average Bonchev–Trinajstić information content (AvgIpc) is 2.77. The fourth-order valence-electron chi connectivity index (χ4n) is 3.98. The molecule has 0 spiro atoms. The Morgan fingerprint density at radius 1 is 1.23 bits per heavy atom. The first kappa shape index (κ1) is 23.6. The smallest absolute Gasteiger partial charge is 0.173 e. The Balaban J connectivity index is 1.77. The maximum absolute atomic E-state index is 6.18. The lowest BCUT2D eigenvalue weighted by molar-refractivity contribution is 0.175. The molecule has 168 valence electrons. The summed E-state index contributed by atoms with van der Waals surface area (Å²) >= 11 is 11.9. The number of rotatable bonds is 9. The summed E-state index contributed by atoms with van der Waals surface area (Å²) in [6.45, 7) is 6.48. The van der Waals surface area contributed by atoms with Gasteiger partial charge in [0.15, 0.2) is 5.11 Å². The van der Waals surface area contributed by atoms with Crippen LogP contribution in [0, 0.1) is 0 Å². The van der Waals surface area contributed by atoms with Crippen molar-refractivity contribution >= 4 is 40.3 Å². The molecule has 2 aromatic carbocycles. The van der Waals surface area contributed by atoms with Gasteiger partial charge in [0.2, 0.25) is 0 Å². The second-order valence-electron chi connectivity index (χ2n) is 7.74. The Morgan fingerprint density at radius 3 is 2.81 bits per heavy atom. The van der Waals surface area contributed by atoms with Crippen molar-refractivity contribution in [3.63, 3.8) is 0 Å². The molecular formula is C24H32ClN3O2S. The first-order chi connectivity index (χ1) is 15.0. The molecule has 0 unspecified atom stereocenters. The van der Waals surface area contributed by atoms with E-state index in [0.717, 1.165) is 25.2 Å². The van der Waals surface area contributed by atoms with Gasteiger partial charge in [0.1, 0.15) is 5.75 Å². The van der Waals surface area contributed by atoms with E-state index in [0.29, 0.717) is 35.6 Å². The van der Waals surface area contributed by atoms with Crippen LogP contribution in [0.5, 0.6) is 5.75 Å². The monoisotopic (exact) mass is 461 g/mol. The van der Waals surface area contributed by atoms with E-state index in [2.05, 4.69) is 40.2 Å². The zero-order chi connectivity index (χ0) is 22.2. The van der Waals surface area contributed by atoms with Gasteiger partial charge < -0.3 is 24.6 Å². The number of methoxy groups -OCH3 is 2. The van der Waals surface area contributed by atoms with Crippen molar-refractivity contribution in [1.29, 1.82) is 0 Å². The van der Waals surface area contributed by atoms with Gasteiger partial charge in [-0.05, 0) is 66.9 Å². The minimum Gasteiger partial charge on any atom is -0.495 e. The lowest BCUT2D eigenvalue weighted by Gasteiger charge is -2.32. The lowest BCUT2D eigenvalue weighted by atomic mass is 9.99. The van der Waals surface area contributed by atoms with E-state index in [1.807, 2.05) is 12.1 Å². The molecule has 3 rings (SSSR count). The first-order valence-electron chi connectivity index (χ1n) is 10.8. The van der Waals surface area contributed by atoms with E-state index in [1.54, 1.807) is 20.3 Å². The van der Waals surface area contributed by atoms with Crippen LogP contribution in [0.25, 0.3) is 0 Å². The highest BCUT2D eigenvalue weighted by atomic mass is 35.5. The van der Waals surface area contributed by atoms with Crippen LogP contribution in [0.3, 0.4) is 0 Å². The van der Waals surface area contributed by atoms with Gasteiger partial charge in [0.25, 0.3) is 0 Å². The topological polar surface area (TPSA) is 37.0 Å². The number of aryl methyl sites for hydroxylation is 1. The molecule has 1 aliphatic rings. The molecule has 0 fully saturated rings. The number of benzene rings is 2. The van der Waals surface area contributed by atoms with Gasteiger partial charge in [-0.1, -0.05) is 30.7 Å². The summed E-state index contributed by atoms with van der Waals surface area (Å²) in [5.74, 6) is 0.697. The van der Waals surface area contributed by atoms with E-state index in [4.69, 9.17) is 33.3 Å². The summed E-state index contributed by atoms with van der Waals surface area (Å²) in [6, 6.07) is 12.3. The molecule has 31 heavy (non-hydrogen) atoms. The van der Waals surface area contributed by atoms with Gasteiger partial charge in [-0.3, -0.25) is 0 Å². The maximum atomic E-state index is 6.18. The minimum absolute atomic E-state index is 0.587. The number of hydrogen-bond donors (Lipinski definition) is 1. The molecule has 0 atom stereocenters. The Kier molecular flexibility index (Phi) is 8.81. The number of nitrogens with one attached hydrogen (secondary N) is 1. The zero-order valence-corrected chi connectivity index (χ0v) is 20.2. The minimum atomic E-state index is 0.587. The molecular weight excluding hydrogens is 430 g/mol. The zero-order valence-electron chi connectivity index (χ0n) is 18.6. The number of thiocarbonyl (C=S) groups is 1. The summed E-state index contributed by atoms with van der Waals surface area (Å²) in [4.78, 5) is 4.62. The third-order valence-electron chi connectivity index (χ3n) is 5.48. The molecule has 1 aliphatic heterocycles. The second-order valence-corrected chi connectivity index (χ2v) is 8.57. The van der Waals surface area contributed by atoms with Crippen LogP contribution in [0.1, 0.15) is 30.9 Å². The van der Waals surface area contributed by atoms with E-state index < -0.39 is 0 Å². The van der Waals surface area contributed by atoms with Crippen molar-refractivity contribution < 1.29 is 9.47 Å². The molecule has 0 saturated heterocycles. The quantitative estimate of drug-likeness (QED) is 0.507.